The molecule has 0 saturated carbocycles. The molecule has 1 heterocycles. The summed E-state index contributed by atoms with van der Waals surface area (Å²) in [5.41, 5.74) is 1.55. The molecule has 0 radical (unpaired) electrons. The lowest BCUT2D eigenvalue weighted by Gasteiger charge is -2.27. The first-order valence-corrected chi connectivity index (χ1v) is 12.8. The molecule has 0 amide bonds. The molecule has 0 spiro atoms. The van der Waals surface area contributed by atoms with Gasteiger partial charge in [-0.15, -0.1) is 11.8 Å². The number of benzene rings is 2. The lowest BCUT2D eigenvalue weighted by molar-refractivity contribution is 0.129. The van der Waals surface area contributed by atoms with E-state index in [0.717, 1.165) is 16.1 Å². The first-order valence-electron chi connectivity index (χ1n) is 11.5. The van der Waals surface area contributed by atoms with Crippen LogP contribution < -0.4 is 15.4 Å². The molecule has 0 aliphatic rings. The van der Waals surface area contributed by atoms with Gasteiger partial charge in [-0.3, -0.25) is 0 Å². The van der Waals surface area contributed by atoms with Gasteiger partial charge in [0.05, 0.1) is 36.9 Å². The standard InChI is InChI=1S/C26H33ClN4O3S/c1-16(2)34-22-12-18(26(5,14-32)15-33)10-11-20(22)30-25-28-13-19(27)24(31-25)29-21-8-6-7-9-23(21)35-17(3)4/h6-13,16-17,32-33H,14-15H2,1-5H3,(H2,28,29,30,31). The van der Waals surface area contributed by atoms with Crippen LogP contribution in [0, 0.1) is 0 Å². The van der Waals surface area contributed by atoms with Gasteiger partial charge in [-0.05, 0) is 43.7 Å². The van der Waals surface area contributed by atoms with Crippen LogP contribution >= 0.6 is 23.4 Å². The first-order chi connectivity index (χ1) is 16.6. The Morgan fingerprint density at radius 2 is 1.74 bits per heavy atom. The van der Waals surface area contributed by atoms with Crippen LogP contribution in [0.4, 0.5) is 23.1 Å². The Labute approximate surface area is 216 Å². The van der Waals surface area contributed by atoms with E-state index in [2.05, 4.69) is 40.5 Å². The molecule has 0 saturated heterocycles. The number of rotatable bonds is 11. The van der Waals surface area contributed by atoms with Crippen molar-refractivity contribution in [3.8, 4) is 5.75 Å². The van der Waals surface area contributed by atoms with Crippen molar-refractivity contribution >= 4 is 46.5 Å². The van der Waals surface area contributed by atoms with Gasteiger partial charge in [-0.1, -0.05) is 50.6 Å². The van der Waals surface area contributed by atoms with Gasteiger partial charge in [0.15, 0.2) is 5.82 Å². The summed E-state index contributed by atoms with van der Waals surface area (Å²) in [6.45, 7) is 9.57. The number of anilines is 4. The predicted octanol–water partition coefficient (Wildman–Crippen LogP) is 6.15. The number of ether oxygens (including phenoxy) is 1. The zero-order valence-electron chi connectivity index (χ0n) is 20.7. The first kappa shape index (κ1) is 27.1. The van der Waals surface area contributed by atoms with Gasteiger partial charge in [-0.2, -0.15) is 4.98 Å². The second-order valence-electron chi connectivity index (χ2n) is 9.06. The highest BCUT2D eigenvalue weighted by Crippen LogP contribution is 2.36. The van der Waals surface area contributed by atoms with Crippen LogP contribution in [0.3, 0.4) is 0 Å². The van der Waals surface area contributed by atoms with Crippen LogP contribution in [0.2, 0.25) is 5.02 Å². The van der Waals surface area contributed by atoms with Crippen LogP contribution in [0.15, 0.2) is 53.6 Å². The molecular weight excluding hydrogens is 484 g/mol. The summed E-state index contributed by atoms with van der Waals surface area (Å²) in [4.78, 5) is 10.0. The van der Waals surface area contributed by atoms with E-state index in [1.807, 2.05) is 50.2 Å². The molecule has 7 nitrogen and oxygen atoms in total. The number of halogens is 1. The summed E-state index contributed by atoms with van der Waals surface area (Å²) in [6.07, 6.45) is 1.46. The molecule has 188 valence electrons. The molecule has 0 aliphatic heterocycles. The molecule has 0 unspecified atom stereocenters. The minimum absolute atomic E-state index is 0.0846. The summed E-state index contributed by atoms with van der Waals surface area (Å²) < 4.78 is 6.02. The maximum Gasteiger partial charge on any atom is 0.229 e. The Balaban J connectivity index is 1.92. The highest BCUT2D eigenvalue weighted by molar-refractivity contribution is 8.00. The van der Waals surface area contributed by atoms with Crippen molar-refractivity contribution in [2.24, 2.45) is 0 Å². The van der Waals surface area contributed by atoms with Crippen molar-refractivity contribution in [2.45, 2.75) is 56.3 Å². The van der Waals surface area contributed by atoms with E-state index >= 15 is 0 Å². The Kier molecular flexibility index (Phi) is 9.24. The normalized spacial score (nSPS) is 11.7. The summed E-state index contributed by atoms with van der Waals surface area (Å²) in [5, 5.41) is 27.0. The van der Waals surface area contributed by atoms with Crippen LogP contribution in [-0.2, 0) is 5.41 Å². The van der Waals surface area contributed by atoms with Crippen molar-refractivity contribution in [3.63, 3.8) is 0 Å². The van der Waals surface area contributed by atoms with Gasteiger partial charge in [0.25, 0.3) is 0 Å². The van der Waals surface area contributed by atoms with E-state index in [-0.39, 0.29) is 19.3 Å². The number of aliphatic hydroxyl groups is 2. The highest BCUT2D eigenvalue weighted by Gasteiger charge is 2.26. The number of aliphatic hydroxyl groups excluding tert-OH is 2. The van der Waals surface area contributed by atoms with E-state index in [0.29, 0.717) is 33.5 Å². The van der Waals surface area contributed by atoms with Gasteiger partial charge >= 0.3 is 0 Å². The number of aromatic nitrogens is 2. The molecule has 0 atom stereocenters. The molecule has 0 bridgehead atoms. The zero-order chi connectivity index (χ0) is 25.6. The molecule has 1 aromatic heterocycles. The molecule has 35 heavy (non-hydrogen) atoms. The predicted molar refractivity (Wildman–Crippen MR) is 145 cm³/mol. The average Bonchev–Trinajstić information content (AvgIpc) is 2.82. The average molecular weight is 517 g/mol. The quantitative estimate of drug-likeness (QED) is 0.225. The largest absolute Gasteiger partial charge is 0.489 e. The topological polar surface area (TPSA) is 99.5 Å². The van der Waals surface area contributed by atoms with Crippen molar-refractivity contribution in [2.75, 3.05) is 23.8 Å². The third-order valence-electron chi connectivity index (χ3n) is 5.23. The fourth-order valence-electron chi connectivity index (χ4n) is 3.27. The molecule has 9 heteroatoms. The monoisotopic (exact) mass is 516 g/mol. The van der Waals surface area contributed by atoms with Gasteiger partial charge < -0.3 is 25.6 Å². The van der Waals surface area contributed by atoms with Crippen LogP contribution in [0.25, 0.3) is 0 Å². The number of para-hydroxylation sites is 1. The minimum atomic E-state index is -0.789. The molecular formula is C26H33ClN4O3S. The van der Waals surface area contributed by atoms with Crippen LogP contribution in [-0.4, -0.2) is 44.7 Å². The number of nitrogens with zero attached hydrogens (tertiary/aromatic N) is 2. The molecule has 0 aliphatic carbocycles. The summed E-state index contributed by atoms with van der Waals surface area (Å²) in [7, 11) is 0. The Morgan fingerprint density at radius 3 is 2.40 bits per heavy atom. The summed E-state index contributed by atoms with van der Waals surface area (Å²) >= 11 is 8.17. The van der Waals surface area contributed by atoms with Gasteiger partial charge in [0.2, 0.25) is 5.95 Å². The second kappa shape index (κ2) is 11.9. The van der Waals surface area contributed by atoms with Gasteiger partial charge in [-0.25, -0.2) is 4.98 Å². The van der Waals surface area contributed by atoms with Crippen LogP contribution in [0.5, 0.6) is 5.75 Å². The molecule has 2 aromatic carbocycles. The molecule has 3 rings (SSSR count). The number of nitrogens with one attached hydrogen (secondary N) is 2. The lowest BCUT2D eigenvalue weighted by Crippen LogP contribution is -2.31. The van der Waals surface area contributed by atoms with E-state index in [1.165, 1.54) is 0 Å². The van der Waals surface area contributed by atoms with Gasteiger partial charge in [0.1, 0.15) is 10.8 Å². The lowest BCUT2D eigenvalue weighted by atomic mass is 9.84. The van der Waals surface area contributed by atoms with E-state index in [9.17, 15) is 10.2 Å². The maximum absolute atomic E-state index is 9.80. The zero-order valence-corrected chi connectivity index (χ0v) is 22.2. The fourth-order valence-corrected chi connectivity index (χ4v) is 4.32. The van der Waals surface area contributed by atoms with Crippen molar-refractivity contribution in [3.05, 3.63) is 59.2 Å². The van der Waals surface area contributed by atoms with Crippen LogP contribution in [0.1, 0.15) is 40.2 Å². The third-order valence-corrected chi connectivity index (χ3v) is 6.59. The molecule has 3 aromatic rings. The SMILES string of the molecule is CC(C)Oc1cc(C(C)(CO)CO)ccc1Nc1ncc(Cl)c(Nc2ccccc2SC(C)C)n1. The molecule has 0 fully saturated rings. The Hall–Kier alpha value is -2.52. The molecule has 4 N–H and O–H groups in total. The fraction of sp³-hybridized carbons (Fsp3) is 0.385. The minimum Gasteiger partial charge on any atom is -0.489 e. The van der Waals surface area contributed by atoms with Gasteiger partial charge in [0, 0.05) is 15.6 Å². The number of thioether (sulfide) groups is 1. The number of hydrogen-bond acceptors (Lipinski definition) is 8. The van der Waals surface area contributed by atoms with Crippen molar-refractivity contribution in [1.82, 2.24) is 9.97 Å². The second-order valence-corrected chi connectivity index (χ2v) is 11.1. The Bertz CT molecular complexity index is 1140. The van der Waals surface area contributed by atoms with E-state index in [4.69, 9.17) is 16.3 Å². The summed E-state index contributed by atoms with van der Waals surface area (Å²) in [5.74, 6) is 1.40. The van der Waals surface area contributed by atoms with E-state index in [1.54, 1.807) is 24.9 Å². The van der Waals surface area contributed by atoms with Crippen molar-refractivity contribution in [1.29, 1.82) is 0 Å². The maximum atomic E-state index is 9.80. The number of hydrogen-bond donors (Lipinski definition) is 4. The highest BCUT2D eigenvalue weighted by atomic mass is 35.5. The van der Waals surface area contributed by atoms with Crippen molar-refractivity contribution < 1.29 is 14.9 Å². The Morgan fingerprint density at radius 1 is 1.03 bits per heavy atom. The summed E-state index contributed by atoms with van der Waals surface area (Å²) in [6, 6.07) is 13.5. The van der Waals surface area contributed by atoms with E-state index < -0.39 is 5.41 Å². The smallest absolute Gasteiger partial charge is 0.229 e. The third kappa shape index (κ3) is 7.01.